The second-order valence-corrected chi connectivity index (χ2v) is 7.81. The van der Waals surface area contributed by atoms with Crippen LogP contribution in [0.1, 0.15) is 25.3 Å². The fourth-order valence-electron chi connectivity index (χ4n) is 4.54. The summed E-state index contributed by atoms with van der Waals surface area (Å²) in [6.45, 7) is 3.78. The van der Waals surface area contributed by atoms with Crippen LogP contribution in [0, 0.1) is 11.3 Å². The molecule has 4 rings (SSSR count). The van der Waals surface area contributed by atoms with Gasteiger partial charge in [-0.2, -0.15) is 18.4 Å². The van der Waals surface area contributed by atoms with Crippen LogP contribution in [0.15, 0.2) is 30.5 Å². The molecule has 2 aliphatic heterocycles. The van der Waals surface area contributed by atoms with Crippen molar-refractivity contribution < 1.29 is 17.9 Å². The van der Waals surface area contributed by atoms with Crippen LogP contribution in [0.25, 0.3) is 10.9 Å². The Balaban J connectivity index is 1.57. The SMILES string of the molecule is C[C@@H]1CN(c2ccc(C#N)c3ncccc23)C[C@H](CN2CCCC2C(F)(F)F)O1. The quantitative estimate of drug-likeness (QED) is 0.780. The molecule has 2 saturated heterocycles. The van der Waals surface area contributed by atoms with Gasteiger partial charge in [-0.25, -0.2) is 0 Å². The van der Waals surface area contributed by atoms with E-state index in [1.807, 2.05) is 25.1 Å². The number of halogens is 3. The monoisotopic (exact) mass is 404 g/mol. The van der Waals surface area contributed by atoms with Crippen molar-refractivity contribution in [1.82, 2.24) is 9.88 Å². The Labute approximate surface area is 167 Å². The molecule has 5 nitrogen and oxygen atoms in total. The highest BCUT2D eigenvalue weighted by Crippen LogP contribution is 2.34. The van der Waals surface area contributed by atoms with Crippen molar-refractivity contribution in [2.75, 3.05) is 31.1 Å². The van der Waals surface area contributed by atoms with Gasteiger partial charge in [-0.1, -0.05) is 0 Å². The molecule has 1 unspecified atom stereocenters. The van der Waals surface area contributed by atoms with Gasteiger partial charge in [0, 0.05) is 36.9 Å². The average molecular weight is 404 g/mol. The Hall–Kier alpha value is -2.37. The van der Waals surface area contributed by atoms with Crippen molar-refractivity contribution in [1.29, 1.82) is 5.26 Å². The number of likely N-dealkylation sites (tertiary alicyclic amines) is 1. The van der Waals surface area contributed by atoms with Gasteiger partial charge < -0.3 is 9.64 Å². The van der Waals surface area contributed by atoms with Crippen molar-refractivity contribution >= 4 is 16.6 Å². The maximum Gasteiger partial charge on any atom is 0.404 e. The van der Waals surface area contributed by atoms with Gasteiger partial charge in [0.2, 0.25) is 0 Å². The second kappa shape index (κ2) is 7.81. The van der Waals surface area contributed by atoms with Crippen LogP contribution in [0.4, 0.5) is 18.9 Å². The summed E-state index contributed by atoms with van der Waals surface area (Å²) in [7, 11) is 0. The summed E-state index contributed by atoms with van der Waals surface area (Å²) in [5.41, 5.74) is 2.08. The van der Waals surface area contributed by atoms with E-state index in [0.717, 1.165) is 11.1 Å². The highest BCUT2D eigenvalue weighted by Gasteiger charge is 2.46. The molecule has 1 aromatic carbocycles. The van der Waals surface area contributed by atoms with E-state index in [0.29, 0.717) is 37.1 Å². The number of nitrogens with zero attached hydrogens (tertiary/aromatic N) is 4. The molecule has 2 fully saturated rings. The molecule has 2 aliphatic rings. The van der Waals surface area contributed by atoms with Gasteiger partial charge >= 0.3 is 6.18 Å². The summed E-state index contributed by atoms with van der Waals surface area (Å²) in [5.74, 6) is 0. The normalized spacial score (nSPS) is 26.0. The Bertz CT molecular complexity index is 926. The average Bonchev–Trinajstić information content (AvgIpc) is 3.15. The maximum absolute atomic E-state index is 13.3. The van der Waals surface area contributed by atoms with Crippen molar-refractivity contribution in [2.45, 2.75) is 44.2 Å². The molecule has 8 heteroatoms. The molecule has 0 bridgehead atoms. The summed E-state index contributed by atoms with van der Waals surface area (Å²) in [6, 6.07) is 8.18. The minimum atomic E-state index is -4.20. The van der Waals surface area contributed by atoms with E-state index in [1.165, 1.54) is 4.90 Å². The molecule has 29 heavy (non-hydrogen) atoms. The van der Waals surface area contributed by atoms with E-state index in [9.17, 15) is 18.4 Å². The van der Waals surface area contributed by atoms with E-state index < -0.39 is 12.2 Å². The molecular weight excluding hydrogens is 381 g/mol. The number of aromatic nitrogens is 1. The van der Waals surface area contributed by atoms with Crippen LogP contribution in [-0.2, 0) is 4.74 Å². The van der Waals surface area contributed by atoms with Gasteiger partial charge in [-0.3, -0.25) is 9.88 Å². The topological polar surface area (TPSA) is 52.4 Å². The fraction of sp³-hybridized carbons (Fsp3) is 0.524. The molecule has 3 atom stereocenters. The van der Waals surface area contributed by atoms with E-state index in [1.54, 1.807) is 12.3 Å². The van der Waals surface area contributed by atoms with Crippen LogP contribution in [0.2, 0.25) is 0 Å². The van der Waals surface area contributed by atoms with Crippen LogP contribution in [-0.4, -0.2) is 60.5 Å². The van der Waals surface area contributed by atoms with Crippen molar-refractivity contribution in [3.05, 3.63) is 36.0 Å². The lowest BCUT2D eigenvalue weighted by atomic mass is 10.1. The maximum atomic E-state index is 13.3. The summed E-state index contributed by atoms with van der Waals surface area (Å²) in [6.07, 6.45) is -2.26. The molecule has 0 radical (unpaired) electrons. The van der Waals surface area contributed by atoms with E-state index in [2.05, 4.69) is 16.0 Å². The van der Waals surface area contributed by atoms with Crippen molar-refractivity contribution in [3.63, 3.8) is 0 Å². The molecular formula is C21H23F3N4O. The Morgan fingerprint density at radius 2 is 2.10 bits per heavy atom. The fourth-order valence-corrected chi connectivity index (χ4v) is 4.54. The van der Waals surface area contributed by atoms with Gasteiger partial charge in [-0.05, 0) is 50.6 Å². The number of rotatable bonds is 3. The van der Waals surface area contributed by atoms with Gasteiger partial charge in [0.25, 0.3) is 0 Å². The summed E-state index contributed by atoms with van der Waals surface area (Å²) in [5, 5.41) is 10.2. The third-order valence-corrected chi connectivity index (χ3v) is 5.71. The number of anilines is 1. The molecule has 0 aliphatic carbocycles. The van der Waals surface area contributed by atoms with Gasteiger partial charge in [0.1, 0.15) is 12.1 Å². The first kappa shape index (κ1) is 19.9. The zero-order chi connectivity index (χ0) is 20.6. The Morgan fingerprint density at radius 3 is 2.86 bits per heavy atom. The minimum absolute atomic E-state index is 0.108. The first-order valence-electron chi connectivity index (χ1n) is 9.86. The lowest BCUT2D eigenvalue weighted by Gasteiger charge is -2.40. The largest absolute Gasteiger partial charge is 0.404 e. The second-order valence-electron chi connectivity index (χ2n) is 7.81. The number of fused-ring (bicyclic) bond motifs is 1. The lowest BCUT2D eigenvalue weighted by molar-refractivity contribution is -0.180. The number of benzene rings is 1. The third-order valence-electron chi connectivity index (χ3n) is 5.71. The number of morpholine rings is 1. The standard InChI is InChI=1S/C21H23F3N4O/c1-14-11-28(18-7-6-15(10-25)20-17(18)4-2-8-26-20)13-16(29-14)12-27-9-3-5-19(27)21(22,23)24/h2,4,6-8,14,16,19H,3,5,9,11-13H2,1H3/t14-,16+,19?/m1/s1. The molecule has 0 saturated carbocycles. The highest BCUT2D eigenvalue weighted by molar-refractivity contribution is 5.95. The van der Waals surface area contributed by atoms with E-state index >= 15 is 0 Å². The molecule has 3 heterocycles. The zero-order valence-electron chi connectivity index (χ0n) is 16.2. The molecule has 154 valence electrons. The van der Waals surface area contributed by atoms with Crippen LogP contribution in [0.3, 0.4) is 0 Å². The number of ether oxygens (including phenoxy) is 1. The number of alkyl halides is 3. The third kappa shape index (κ3) is 4.02. The number of pyridine rings is 1. The smallest absolute Gasteiger partial charge is 0.370 e. The molecule has 1 aromatic heterocycles. The van der Waals surface area contributed by atoms with Crippen LogP contribution < -0.4 is 4.90 Å². The van der Waals surface area contributed by atoms with Gasteiger partial charge in [0.05, 0.1) is 23.3 Å². The van der Waals surface area contributed by atoms with E-state index in [4.69, 9.17) is 4.74 Å². The predicted octanol–water partition coefficient (Wildman–Crippen LogP) is 3.73. The first-order valence-corrected chi connectivity index (χ1v) is 9.86. The molecule has 0 N–H and O–H groups in total. The number of hydrogen-bond acceptors (Lipinski definition) is 5. The van der Waals surface area contributed by atoms with Crippen molar-refractivity contribution in [2.24, 2.45) is 0 Å². The van der Waals surface area contributed by atoms with E-state index in [-0.39, 0.29) is 25.2 Å². The van der Waals surface area contributed by atoms with Gasteiger partial charge in [0.15, 0.2) is 0 Å². The lowest BCUT2D eigenvalue weighted by Crippen LogP contribution is -2.53. The Morgan fingerprint density at radius 1 is 1.28 bits per heavy atom. The first-order chi connectivity index (χ1) is 13.9. The van der Waals surface area contributed by atoms with Crippen LogP contribution >= 0.6 is 0 Å². The Kier molecular flexibility index (Phi) is 5.36. The summed E-state index contributed by atoms with van der Waals surface area (Å²) in [4.78, 5) is 8.01. The van der Waals surface area contributed by atoms with Crippen molar-refractivity contribution in [3.8, 4) is 6.07 Å². The summed E-state index contributed by atoms with van der Waals surface area (Å²) < 4.78 is 45.9. The van der Waals surface area contributed by atoms with Crippen LogP contribution in [0.5, 0.6) is 0 Å². The zero-order valence-corrected chi connectivity index (χ0v) is 16.2. The number of hydrogen-bond donors (Lipinski definition) is 0. The number of nitriles is 1. The molecule has 0 spiro atoms. The van der Waals surface area contributed by atoms with Gasteiger partial charge in [-0.15, -0.1) is 0 Å². The summed E-state index contributed by atoms with van der Waals surface area (Å²) >= 11 is 0. The predicted molar refractivity (Wildman–Crippen MR) is 104 cm³/mol. The highest BCUT2D eigenvalue weighted by atomic mass is 19.4. The molecule has 0 amide bonds. The molecule has 2 aromatic rings. The minimum Gasteiger partial charge on any atom is -0.370 e.